The summed E-state index contributed by atoms with van der Waals surface area (Å²) in [7, 11) is 1.57. The summed E-state index contributed by atoms with van der Waals surface area (Å²) in [6, 6.07) is 5.85. The van der Waals surface area contributed by atoms with Crippen LogP contribution in [0.3, 0.4) is 0 Å². The number of carbonyl (C=O) groups excluding carboxylic acids is 3. The minimum Gasteiger partial charge on any atom is -0.496 e. The molecular weight excluding hydrogens is 412 g/mol. The van der Waals surface area contributed by atoms with Crippen molar-refractivity contribution in [3.8, 4) is 5.75 Å². The molecule has 1 saturated heterocycles. The number of hydrogen-bond acceptors (Lipinski definition) is 5. The Morgan fingerprint density at radius 2 is 2.06 bits per heavy atom. The van der Waals surface area contributed by atoms with Crippen molar-refractivity contribution < 1.29 is 24.2 Å². The highest BCUT2D eigenvalue weighted by Gasteiger charge is 2.30. The third-order valence-corrected chi connectivity index (χ3v) is 5.72. The SMILES string of the molecule is COc1cccc2[nH]c(C(=O)N[C@@H](CC(C)C)C(=O)N[C@@H](CO)C[C@H]3CCNC3=O)cc12. The Labute approximate surface area is 187 Å². The first-order valence-corrected chi connectivity index (χ1v) is 11.0. The number of amides is 3. The molecule has 0 radical (unpaired) electrons. The van der Waals surface area contributed by atoms with E-state index in [4.69, 9.17) is 4.74 Å². The zero-order valence-corrected chi connectivity index (χ0v) is 18.7. The van der Waals surface area contributed by atoms with Crippen LogP contribution in [0.2, 0.25) is 0 Å². The van der Waals surface area contributed by atoms with Gasteiger partial charge in [-0.1, -0.05) is 19.9 Å². The molecule has 9 heteroatoms. The van der Waals surface area contributed by atoms with Crippen LogP contribution in [-0.4, -0.2) is 60.2 Å². The number of ether oxygens (including phenoxy) is 1. The molecule has 1 aliphatic heterocycles. The van der Waals surface area contributed by atoms with E-state index in [-0.39, 0.29) is 30.3 Å². The number of aromatic nitrogens is 1. The van der Waals surface area contributed by atoms with Crippen LogP contribution in [-0.2, 0) is 9.59 Å². The van der Waals surface area contributed by atoms with E-state index in [2.05, 4.69) is 20.9 Å². The number of methoxy groups -OCH3 is 1. The summed E-state index contributed by atoms with van der Waals surface area (Å²) in [4.78, 5) is 40.8. The Balaban J connectivity index is 1.70. The Morgan fingerprint density at radius 1 is 1.28 bits per heavy atom. The molecule has 2 aromatic rings. The lowest BCUT2D eigenvalue weighted by molar-refractivity contribution is -0.126. The van der Waals surface area contributed by atoms with Crippen LogP contribution < -0.4 is 20.7 Å². The average molecular weight is 445 g/mol. The Bertz CT molecular complexity index is 970. The lowest BCUT2D eigenvalue weighted by atomic mass is 9.97. The van der Waals surface area contributed by atoms with Crippen LogP contribution in [0.5, 0.6) is 5.75 Å². The van der Waals surface area contributed by atoms with E-state index in [0.717, 1.165) is 10.9 Å². The maximum atomic E-state index is 13.0. The number of aliphatic hydroxyl groups is 1. The Hall–Kier alpha value is -3.07. The number of carbonyl (C=O) groups is 3. The van der Waals surface area contributed by atoms with E-state index in [1.54, 1.807) is 13.2 Å². The van der Waals surface area contributed by atoms with Gasteiger partial charge in [0.05, 0.1) is 19.8 Å². The highest BCUT2D eigenvalue weighted by Crippen LogP contribution is 2.26. The van der Waals surface area contributed by atoms with E-state index < -0.39 is 18.0 Å². The second kappa shape index (κ2) is 10.5. The van der Waals surface area contributed by atoms with Crippen LogP contribution in [0.1, 0.15) is 43.6 Å². The van der Waals surface area contributed by atoms with Crippen molar-refractivity contribution in [2.45, 2.75) is 45.2 Å². The lowest BCUT2D eigenvalue weighted by Gasteiger charge is -2.24. The number of rotatable bonds is 10. The van der Waals surface area contributed by atoms with Gasteiger partial charge >= 0.3 is 0 Å². The fraction of sp³-hybridized carbons (Fsp3) is 0.522. The van der Waals surface area contributed by atoms with Crippen molar-refractivity contribution in [2.75, 3.05) is 20.3 Å². The fourth-order valence-electron chi connectivity index (χ4n) is 4.06. The molecule has 5 N–H and O–H groups in total. The van der Waals surface area contributed by atoms with Gasteiger partial charge in [0, 0.05) is 23.4 Å². The highest BCUT2D eigenvalue weighted by molar-refractivity contribution is 6.01. The minimum absolute atomic E-state index is 0.0565. The fourth-order valence-corrected chi connectivity index (χ4v) is 4.06. The van der Waals surface area contributed by atoms with Gasteiger partial charge in [0.25, 0.3) is 5.91 Å². The molecule has 0 aliphatic carbocycles. The van der Waals surface area contributed by atoms with Crippen LogP contribution in [0.15, 0.2) is 24.3 Å². The molecule has 1 aliphatic rings. The van der Waals surface area contributed by atoms with Crippen molar-refractivity contribution >= 4 is 28.6 Å². The molecule has 9 nitrogen and oxygen atoms in total. The van der Waals surface area contributed by atoms with E-state index in [1.165, 1.54) is 0 Å². The summed E-state index contributed by atoms with van der Waals surface area (Å²) in [5.74, 6) is -0.262. The average Bonchev–Trinajstić information content (AvgIpc) is 3.38. The van der Waals surface area contributed by atoms with Gasteiger partial charge in [-0.2, -0.15) is 0 Å². The summed E-state index contributed by atoms with van der Waals surface area (Å²) in [6.07, 6.45) is 1.47. The molecular formula is C23H32N4O5. The molecule has 32 heavy (non-hydrogen) atoms. The lowest BCUT2D eigenvalue weighted by Crippen LogP contribution is -2.51. The first-order chi connectivity index (χ1) is 15.3. The van der Waals surface area contributed by atoms with Crippen LogP contribution in [0, 0.1) is 11.8 Å². The molecule has 1 fully saturated rings. The van der Waals surface area contributed by atoms with Gasteiger partial charge in [-0.15, -0.1) is 0 Å². The molecule has 0 saturated carbocycles. The zero-order chi connectivity index (χ0) is 23.3. The van der Waals surface area contributed by atoms with E-state index >= 15 is 0 Å². The molecule has 0 unspecified atom stereocenters. The first kappa shape index (κ1) is 23.6. The molecule has 174 valence electrons. The van der Waals surface area contributed by atoms with Gasteiger partial charge in [-0.3, -0.25) is 14.4 Å². The van der Waals surface area contributed by atoms with Gasteiger partial charge < -0.3 is 30.8 Å². The van der Waals surface area contributed by atoms with Gasteiger partial charge in [0.1, 0.15) is 17.5 Å². The Morgan fingerprint density at radius 3 is 2.69 bits per heavy atom. The molecule has 3 atom stereocenters. The number of H-pyrrole nitrogens is 1. The number of aliphatic hydroxyl groups excluding tert-OH is 1. The van der Waals surface area contributed by atoms with Gasteiger partial charge in [0.2, 0.25) is 11.8 Å². The van der Waals surface area contributed by atoms with Gasteiger partial charge in [-0.05, 0) is 43.4 Å². The molecule has 0 bridgehead atoms. The predicted octanol–water partition coefficient (Wildman–Crippen LogP) is 1.32. The topological polar surface area (TPSA) is 133 Å². The first-order valence-electron chi connectivity index (χ1n) is 11.0. The van der Waals surface area contributed by atoms with E-state index in [9.17, 15) is 19.5 Å². The largest absolute Gasteiger partial charge is 0.496 e. The van der Waals surface area contributed by atoms with Crippen LogP contribution >= 0.6 is 0 Å². The second-order valence-electron chi connectivity index (χ2n) is 8.66. The van der Waals surface area contributed by atoms with Crippen LogP contribution in [0.4, 0.5) is 0 Å². The highest BCUT2D eigenvalue weighted by atomic mass is 16.5. The predicted molar refractivity (Wildman–Crippen MR) is 120 cm³/mol. The molecule has 2 heterocycles. The maximum absolute atomic E-state index is 13.0. The number of nitrogens with one attached hydrogen (secondary N) is 4. The monoisotopic (exact) mass is 444 g/mol. The number of hydrogen-bond donors (Lipinski definition) is 5. The number of benzene rings is 1. The summed E-state index contributed by atoms with van der Waals surface area (Å²) in [5.41, 5.74) is 1.09. The van der Waals surface area contributed by atoms with Crippen molar-refractivity contribution in [1.29, 1.82) is 0 Å². The molecule has 0 spiro atoms. The third kappa shape index (κ3) is 5.59. The number of fused-ring (bicyclic) bond motifs is 1. The van der Waals surface area contributed by atoms with E-state index in [1.807, 2.05) is 32.0 Å². The summed E-state index contributed by atoms with van der Waals surface area (Å²) in [6.45, 7) is 4.26. The van der Waals surface area contributed by atoms with Crippen molar-refractivity contribution in [3.05, 3.63) is 30.0 Å². The molecule has 3 amide bonds. The number of aromatic amines is 1. The van der Waals surface area contributed by atoms with Crippen molar-refractivity contribution in [1.82, 2.24) is 20.9 Å². The third-order valence-electron chi connectivity index (χ3n) is 5.72. The molecule has 3 rings (SSSR count). The summed E-state index contributed by atoms with van der Waals surface area (Å²) >= 11 is 0. The smallest absolute Gasteiger partial charge is 0.268 e. The van der Waals surface area contributed by atoms with E-state index in [0.29, 0.717) is 37.3 Å². The normalized spacial score (nSPS) is 17.8. The standard InChI is InChI=1S/C23H32N4O5/c1-13(2)9-18(22(30)25-15(12-28)10-14-7-8-24-21(14)29)27-23(31)19-11-16-17(26-19)5-4-6-20(16)32-3/h4-6,11,13-15,18,26,28H,7-10,12H2,1-3H3,(H,24,29)(H,25,30)(H,27,31)/t14-,15-,18+/m1/s1. The quantitative estimate of drug-likeness (QED) is 0.377. The zero-order valence-electron chi connectivity index (χ0n) is 18.7. The van der Waals surface area contributed by atoms with Crippen molar-refractivity contribution in [3.63, 3.8) is 0 Å². The molecule has 1 aromatic heterocycles. The maximum Gasteiger partial charge on any atom is 0.268 e. The van der Waals surface area contributed by atoms with Gasteiger partial charge in [-0.25, -0.2) is 0 Å². The van der Waals surface area contributed by atoms with Crippen LogP contribution in [0.25, 0.3) is 10.9 Å². The summed E-state index contributed by atoms with van der Waals surface area (Å²) in [5, 5.41) is 18.9. The summed E-state index contributed by atoms with van der Waals surface area (Å²) < 4.78 is 5.34. The van der Waals surface area contributed by atoms with Gasteiger partial charge in [0.15, 0.2) is 0 Å². The van der Waals surface area contributed by atoms with Crippen molar-refractivity contribution in [2.24, 2.45) is 11.8 Å². The molecule has 1 aromatic carbocycles. The second-order valence-corrected chi connectivity index (χ2v) is 8.66. The minimum atomic E-state index is -0.776. The Kier molecular flexibility index (Phi) is 7.74.